The molecule has 0 N–H and O–H groups in total. The summed E-state index contributed by atoms with van der Waals surface area (Å²) in [4.78, 5) is 1.33. The van der Waals surface area contributed by atoms with E-state index < -0.39 is 0 Å². The average molecular weight is 417 g/mol. The van der Waals surface area contributed by atoms with Crippen LogP contribution in [0.2, 0.25) is 0 Å². The van der Waals surface area contributed by atoms with Crippen LogP contribution >= 0.6 is 22.7 Å². The van der Waals surface area contributed by atoms with Gasteiger partial charge in [0.05, 0.1) is 0 Å². The molecule has 7 rings (SSSR count). The van der Waals surface area contributed by atoms with Crippen molar-refractivity contribution in [3.05, 3.63) is 96.4 Å². The number of benzene rings is 5. The Hall–Kier alpha value is -3.20. The number of rotatable bonds is 1. The molecule has 0 saturated heterocycles. The topological polar surface area (TPSA) is 0 Å². The highest BCUT2D eigenvalue weighted by Crippen LogP contribution is 2.41. The summed E-state index contributed by atoms with van der Waals surface area (Å²) in [5.74, 6) is 0. The molecule has 2 aromatic heterocycles. The third-order valence-corrected chi connectivity index (χ3v) is 8.34. The maximum atomic E-state index is 2.33. The van der Waals surface area contributed by atoms with Crippen LogP contribution in [0.3, 0.4) is 0 Å². The Balaban J connectivity index is 1.55. The van der Waals surface area contributed by atoms with Crippen molar-refractivity contribution in [1.82, 2.24) is 0 Å². The molecule has 0 aliphatic heterocycles. The van der Waals surface area contributed by atoms with E-state index in [9.17, 15) is 0 Å². The number of hydrogen-bond donors (Lipinski definition) is 0. The maximum Gasteiger partial charge on any atom is 0.0428 e. The van der Waals surface area contributed by atoms with Gasteiger partial charge >= 0.3 is 0 Å². The first kappa shape index (κ1) is 16.6. The Morgan fingerprint density at radius 3 is 1.83 bits per heavy atom. The summed E-state index contributed by atoms with van der Waals surface area (Å²) in [5.41, 5.74) is 1.29. The Morgan fingerprint density at radius 2 is 1.07 bits per heavy atom. The zero-order valence-electron chi connectivity index (χ0n) is 16.1. The Kier molecular flexibility index (Phi) is 3.40. The molecule has 0 atom stereocenters. The molecule has 0 amide bonds. The molecule has 0 aliphatic carbocycles. The van der Waals surface area contributed by atoms with Crippen LogP contribution in [0.15, 0.2) is 96.4 Å². The standard InChI is InChI=1S/C28H16S2/c1-2-4-17(5-3-1)26-16-19-7-9-23-21-10-12-24-22(8-6-18-14-15-29-27(18)24)20(21)11-13-25(23)28(19)30-26/h1-16H. The SMILES string of the molecule is c1ccc(-c2cc3ccc4c5ccc6c(ccc7ccsc76)c5ccc4c3s2)cc1. The van der Waals surface area contributed by atoms with Crippen LogP contribution in [0, 0.1) is 0 Å². The van der Waals surface area contributed by atoms with Crippen molar-refractivity contribution in [2.75, 3.05) is 0 Å². The fraction of sp³-hybridized carbons (Fsp3) is 0. The molecule has 0 unspecified atom stereocenters. The fourth-order valence-electron chi connectivity index (χ4n) is 4.71. The van der Waals surface area contributed by atoms with Crippen LogP contribution in [-0.2, 0) is 0 Å². The summed E-state index contributed by atoms with van der Waals surface area (Å²) >= 11 is 3.73. The third kappa shape index (κ3) is 2.26. The highest BCUT2D eigenvalue weighted by Gasteiger charge is 2.12. The van der Waals surface area contributed by atoms with E-state index in [-0.39, 0.29) is 0 Å². The normalized spacial score (nSPS) is 12.0. The minimum Gasteiger partial charge on any atom is -0.143 e. The largest absolute Gasteiger partial charge is 0.143 e. The number of hydrogen-bond acceptors (Lipinski definition) is 2. The van der Waals surface area contributed by atoms with Crippen LogP contribution in [0.25, 0.3) is 62.9 Å². The van der Waals surface area contributed by atoms with Crippen LogP contribution in [0.1, 0.15) is 0 Å². The molecule has 0 fully saturated rings. The zero-order valence-corrected chi connectivity index (χ0v) is 17.7. The monoisotopic (exact) mass is 416 g/mol. The molecule has 140 valence electrons. The average Bonchev–Trinajstić information content (AvgIpc) is 3.46. The zero-order chi connectivity index (χ0) is 19.7. The maximum absolute atomic E-state index is 2.33. The highest BCUT2D eigenvalue weighted by molar-refractivity contribution is 7.23. The van der Waals surface area contributed by atoms with E-state index in [1.54, 1.807) is 0 Å². The Labute approximate surface area is 181 Å². The lowest BCUT2D eigenvalue weighted by Gasteiger charge is -2.09. The van der Waals surface area contributed by atoms with Gasteiger partial charge in [0.25, 0.3) is 0 Å². The van der Waals surface area contributed by atoms with Crippen molar-refractivity contribution in [2.45, 2.75) is 0 Å². The highest BCUT2D eigenvalue weighted by atomic mass is 32.1. The summed E-state index contributed by atoms with van der Waals surface area (Å²) in [5, 5.41) is 12.9. The van der Waals surface area contributed by atoms with Gasteiger partial charge in [0.15, 0.2) is 0 Å². The lowest BCUT2D eigenvalue weighted by Crippen LogP contribution is -1.81. The second kappa shape index (κ2) is 6.15. The predicted octanol–water partition coefficient (Wildman–Crippen LogP) is 9.24. The quantitative estimate of drug-likeness (QED) is 0.234. The van der Waals surface area contributed by atoms with Gasteiger partial charge in [-0.05, 0) is 55.4 Å². The molecule has 0 radical (unpaired) electrons. The fourth-order valence-corrected chi connectivity index (χ4v) is 6.83. The van der Waals surface area contributed by atoms with Crippen molar-refractivity contribution >= 4 is 75.2 Å². The van der Waals surface area contributed by atoms with Crippen molar-refractivity contribution in [3.63, 3.8) is 0 Å². The molecule has 0 bridgehead atoms. The van der Waals surface area contributed by atoms with Crippen LogP contribution in [0.4, 0.5) is 0 Å². The van der Waals surface area contributed by atoms with Gasteiger partial charge in [0.2, 0.25) is 0 Å². The van der Waals surface area contributed by atoms with Gasteiger partial charge in [-0.25, -0.2) is 0 Å². The van der Waals surface area contributed by atoms with Crippen molar-refractivity contribution in [1.29, 1.82) is 0 Å². The van der Waals surface area contributed by atoms with E-state index in [1.807, 2.05) is 22.7 Å². The molecule has 7 aromatic rings. The molecule has 0 saturated carbocycles. The number of thiophene rings is 2. The van der Waals surface area contributed by atoms with E-state index in [1.165, 1.54) is 62.9 Å². The molecular formula is C28H16S2. The van der Waals surface area contributed by atoms with Gasteiger partial charge in [0, 0.05) is 25.0 Å². The van der Waals surface area contributed by atoms with Crippen molar-refractivity contribution < 1.29 is 0 Å². The molecule has 0 spiro atoms. The summed E-state index contributed by atoms with van der Waals surface area (Å²) in [6.45, 7) is 0. The van der Waals surface area contributed by atoms with Gasteiger partial charge in [-0.1, -0.05) is 78.9 Å². The van der Waals surface area contributed by atoms with Gasteiger partial charge < -0.3 is 0 Å². The van der Waals surface area contributed by atoms with Gasteiger partial charge in [-0.15, -0.1) is 22.7 Å². The van der Waals surface area contributed by atoms with Crippen molar-refractivity contribution in [2.24, 2.45) is 0 Å². The van der Waals surface area contributed by atoms with Crippen molar-refractivity contribution in [3.8, 4) is 10.4 Å². The summed E-state index contributed by atoms with van der Waals surface area (Å²) < 4.78 is 2.76. The summed E-state index contributed by atoms with van der Waals surface area (Å²) in [6, 6.07) is 33.6. The Morgan fingerprint density at radius 1 is 0.467 bits per heavy atom. The van der Waals surface area contributed by atoms with Gasteiger partial charge in [-0.2, -0.15) is 0 Å². The van der Waals surface area contributed by atoms with E-state index in [0.29, 0.717) is 0 Å². The molecule has 0 aliphatic rings. The lowest BCUT2D eigenvalue weighted by atomic mass is 9.96. The predicted molar refractivity (Wildman–Crippen MR) is 135 cm³/mol. The molecule has 2 heterocycles. The Bertz CT molecular complexity index is 1730. The summed E-state index contributed by atoms with van der Waals surface area (Å²) in [6.07, 6.45) is 0. The number of fused-ring (bicyclic) bond motifs is 9. The van der Waals surface area contributed by atoms with Crippen LogP contribution in [-0.4, -0.2) is 0 Å². The lowest BCUT2D eigenvalue weighted by molar-refractivity contribution is 1.70. The molecule has 5 aromatic carbocycles. The molecule has 30 heavy (non-hydrogen) atoms. The van der Waals surface area contributed by atoms with Crippen LogP contribution in [0.5, 0.6) is 0 Å². The molecular weight excluding hydrogens is 400 g/mol. The molecule has 0 nitrogen and oxygen atoms in total. The first-order chi connectivity index (χ1) is 14.9. The minimum atomic E-state index is 1.29. The van der Waals surface area contributed by atoms with E-state index >= 15 is 0 Å². The first-order valence-electron chi connectivity index (χ1n) is 10.1. The van der Waals surface area contributed by atoms with E-state index in [2.05, 4.69) is 96.4 Å². The second-order valence-corrected chi connectivity index (χ2v) is 9.75. The molecule has 2 heteroatoms. The third-order valence-electron chi connectivity index (χ3n) is 6.15. The van der Waals surface area contributed by atoms with Gasteiger partial charge in [0.1, 0.15) is 0 Å². The van der Waals surface area contributed by atoms with Crippen LogP contribution < -0.4 is 0 Å². The smallest absolute Gasteiger partial charge is 0.0428 e. The van der Waals surface area contributed by atoms with E-state index in [4.69, 9.17) is 0 Å². The summed E-state index contributed by atoms with van der Waals surface area (Å²) in [7, 11) is 0. The first-order valence-corrected chi connectivity index (χ1v) is 11.8. The minimum absolute atomic E-state index is 1.29. The van der Waals surface area contributed by atoms with E-state index in [0.717, 1.165) is 0 Å². The second-order valence-electron chi connectivity index (χ2n) is 7.78. The van der Waals surface area contributed by atoms with Gasteiger partial charge in [-0.3, -0.25) is 0 Å².